The first kappa shape index (κ1) is 27.6. The molecule has 3 aromatic rings. The molecule has 9 heteroatoms. The zero-order valence-corrected chi connectivity index (χ0v) is 23.4. The van der Waals surface area contributed by atoms with Crippen LogP contribution in [0.1, 0.15) is 35.8 Å². The number of epoxide rings is 1. The number of aryl methyl sites for hydroxylation is 1. The lowest BCUT2D eigenvalue weighted by atomic mass is 9.77. The third-order valence-corrected chi connectivity index (χ3v) is 8.43. The summed E-state index contributed by atoms with van der Waals surface area (Å²) in [6.45, 7) is 2.36. The Morgan fingerprint density at radius 2 is 1.66 bits per heavy atom. The van der Waals surface area contributed by atoms with Crippen LogP contribution in [0.4, 0.5) is 0 Å². The van der Waals surface area contributed by atoms with Gasteiger partial charge in [0.05, 0.1) is 13.2 Å². The van der Waals surface area contributed by atoms with Crippen molar-refractivity contribution in [2.75, 3.05) is 27.4 Å². The zero-order valence-electron chi connectivity index (χ0n) is 23.4. The van der Waals surface area contributed by atoms with Crippen molar-refractivity contribution >= 4 is 0 Å². The first-order chi connectivity index (χ1) is 19.8. The predicted molar refractivity (Wildman–Crippen MR) is 151 cm³/mol. The van der Waals surface area contributed by atoms with Gasteiger partial charge in [-0.25, -0.2) is 4.79 Å². The van der Waals surface area contributed by atoms with Crippen molar-refractivity contribution in [3.63, 3.8) is 0 Å². The molecule has 3 aliphatic rings. The minimum atomic E-state index is -0.977. The number of aromatic nitrogens is 2. The molecule has 2 saturated heterocycles. The molecule has 1 aromatic heterocycles. The molecule has 1 spiro atoms. The van der Waals surface area contributed by atoms with Gasteiger partial charge in [-0.15, -0.1) is 0 Å². The van der Waals surface area contributed by atoms with Crippen molar-refractivity contribution in [1.82, 2.24) is 9.55 Å². The van der Waals surface area contributed by atoms with E-state index in [1.807, 2.05) is 48.6 Å². The molecule has 3 atom stereocenters. The first-order valence-electron chi connectivity index (χ1n) is 13.7. The molecule has 1 N–H and O–H groups in total. The normalized spacial score (nSPS) is 24.9. The fourth-order valence-corrected chi connectivity index (χ4v) is 5.89. The van der Waals surface area contributed by atoms with Gasteiger partial charge in [0, 0.05) is 38.8 Å². The van der Waals surface area contributed by atoms with Gasteiger partial charge >= 0.3 is 5.69 Å². The van der Waals surface area contributed by atoms with Gasteiger partial charge in [-0.05, 0) is 29.7 Å². The van der Waals surface area contributed by atoms with Crippen LogP contribution < -0.4 is 11.2 Å². The Hall–Kier alpha value is -3.60. The van der Waals surface area contributed by atoms with Crippen molar-refractivity contribution in [3.05, 3.63) is 128 Å². The summed E-state index contributed by atoms with van der Waals surface area (Å²) < 4.78 is 32.2. The summed E-state index contributed by atoms with van der Waals surface area (Å²) in [5.74, 6) is -0.849. The van der Waals surface area contributed by atoms with E-state index in [9.17, 15) is 9.59 Å². The van der Waals surface area contributed by atoms with Gasteiger partial charge < -0.3 is 23.7 Å². The largest absolute Gasteiger partial charge is 0.366 e. The molecule has 2 fully saturated rings. The highest BCUT2D eigenvalue weighted by atomic mass is 16.7. The number of rotatable bonds is 9. The maximum absolute atomic E-state index is 12.6. The van der Waals surface area contributed by atoms with Crippen LogP contribution in [0.25, 0.3) is 0 Å². The Morgan fingerprint density at radius 3 is 2.20 bits per heavy atom. The van der Waals surface area contributed by atoms with Crippen LogP contribution in [0.5, 0.6) is 0 Å². The maximum atomic E-state index is 12.6. The molecule has 0 saturated carbocycles. The highest BCUT2D eigenvalue weighted by Crippen LogP contribution is 2.50. The monoisotopic (exact) mass is 558 g/mol. The summed E-state index contributed by atoms with van der Waals surface area (Å²) in [6.07, 6.45) is 7.50. The van der Waals surface area contributed by atoms with Crippen molar-refractivity contribution < 1.29 is 23.7 Å². The molecule has 0 amide bonds. The first-order valence-corrected chi connectivity index (χ1v) is 13.7. The average molecular weight is 559 g/mol. The fraction of sp³-hybridized carbons (Fsp3) is 0.375. The molecule has 6 rings (SSSR count). The number of benzene rings is 2. The van der Waals surface area contributed by atoms with E-state index in [4.69, 9.17) is 23.7 Å². The molecule has 3 heterocycles. The number of ether oxygens (including phenoxy) is 5. The molecule has 0 unspecified atom stereocenters. The molecule has 2 aromatic carbocycles. The lowest BCUT2D eigenvalue weighted by Crippen LogP contribution is -2.41. The Labute approximate surface area is 238 Å². The van der Waals surface area contributed by atoms with E-state index in [0.717, 1.165) is 16.7 Å². The van der Waals surface area contributed by atoms with Crippen molar-refractivity contribution in [2.45, 2.75) is 49.1 Å². The van der Waals surface area contributed by atoms with Gasteiger partial charge in [0.25, 0.3) is 5.56 Å². The van der Waals surface area contributed by atoms with Crippen LogP contribution in [-0.4, -0.2) is 54.5 Å². The zero-order chi connectivity index (χ0) is 28.7. The number of nitrogens with one attached hydrogen (secondary N) is 1. The summed E-state index contributed by atoms with van der Waals surface area (Å²) >= 11 is 0. The molecule has 1 aliphatic carbocycles. The van der Waals surface area contributed by atoms with E-state index in [1.165, 1.54) is 4.57 Å². The second-order valence-electron chi connectivity index (χ2n) is 10.8. The fourth-order valence-electron chi connectivity index (χ4n) is 5.89. The SMILES string of the molecule is COC1(OC)C=CC(C(OC[C@H]2O[C@@H](n3cc(C)c(=O)[nH]c3=O)C[C@@]23CO3)(c2ccccc2)c2ccccc2)=CC1. The van der Waals surface area contributed by atoms with Gasteiger partial charge in [0.2, 0.25) is 0 Å². The van der Waals surface area contributed by atoms with Crippen LogP contribution in [-0.2, 0) is 29.3 Å². The number of hydrogen-bond acceptors (Lipinski definition) is 7. The van der Waals surface area contributed by atoms with E-state index >= 15 is 0 Å². The standard InChI is InChI=1S/C32H34N2O7/c1-22-19-34(29(36)33-28(22)35)27-18-30(21-40-30)26(41-27)20-39-32(23-10-6-4-7-11-23,24-12-8-5-9-13-24)25-14-16-31(37-2,38-3)17-15-25/h4-16,19,26-27H,17-18,20-21H2,1-3H3,(H,33,35,36)/t26-,27-,30-/m1/s1. The molecule has 0 radical (unpaired) electrons. The predicted octanol–water partition coefficient (Wildman–Crippen LogP) is 3.74. The second-order valence-corrected chi connectivity index (χ2v) is 10.8. The summed E-state index contributed by atoms with van der Waals surface area (Å²) in [4.78, 5) is 26.9. The quantitative estimate of drug-likeness (QED) is 0.315. The van der Waals surface area contributed by atoms with Crippen LogP contribution in [0.2, 0.25) is 0 Å². The highest BCUT2D eigenvalue weighted by Gasteiger charge is 2.60. The van der Waals surface area contributed by atoms with E-state index in [0.29, 0.717) is 25.0 Å². The van der Waals surface area contributed by atoms with Crippen molar-refractivity contribution in [1.29, 1.82) is 0 Å². The Balaban J connectivity index is 1.38. The third-order valence-electron chi connectivity index (χ3n) is 8.43. The summed E-state index contributed by atoms with van der Waals surface area (Å²) in [5.41, 5.74) is 0.827. The summed E-state index contributed by atoms with van der Waals surface area (Å²) in [6, 6.07) is 20.2. The maximum Gasteiger partial charge on any atom is 0.330 e. The van der Waals surface area contributed by atoms with Gasteiger partial charge in [-0.2, -0.15) is 0 Å². The van der Waals surface area contributed by atoms with Gasteiger partial charge in [-0.3, -0.25) is 14.3 Å². The molecule has 214 valence electrons. The smallest absolute Gasteiger partial charge is 0.330 e. The minimum absolute atomic E-state index is 0.197. The lowest BCUT2D eigenvalue weighted by Gasteiger charge is -2.40. The highest BCUT2D eigenvalue weighted by molar-refractivity contribution is 5.51. The van der Waals surface area contributed by atoms with Crippen molar-refractivity contribution in [2.24, 2.45) is 0 Å². The number of H-pyrrole nitrogens is 1. The molecule has 0 bridgehead atoms. The number of nitrogens with zero attached hydrogens (tertiary/aromatic N) is 1. The van der Waals surface area contributed by atoms with Gasteiger partial charge in [0.1, 0.15) is 23.5 Å². The van der Waals surface area contributed by atoms with Gasteiger partial charge in [0.15, 0.2) is 5.79 Å². The Kier molecular flexibility index (Phi) is 7.17. The Morgan fingerprint density at radius 1 is 1.02 bits per heavy atom. The number of methoxy groups -OCH3 is 2. The summed E-state index contributed by atoms with van der Waals surface area (Å²) in [5, 5.41) is 0. The van der Waals surface area contributed by atoms with E-state index in [-0.39, 0.29) is 6.61 Å². The lowest BCUT2D eigenvalue weighted by molar-refractivity contribution is -0.168. The molecular formula is C32H34N2O7. The summed E-state index contributed by atoms with van der Waals surface area (Å²) in [7, 11) is 3.26. The van der Waals surface area contributed by atoms with Crippen LogP contribution in [0.15, 0.2) is 100 Å². The Bertz CT molecular complexity index is 1530. The number of aromatic amines is 1. The minimum Gasteiger partial charge on any atom is -0.366 e. The van der Waals surface area contributed by atoms with E-state index in [1.54, 1.807) is 27.3 Å². The molecule has 41 heavy (non-hydrogen) atoms. The third kappa shape index (κ3) is 4.83. The number of hydrogen-bond donors (Lipinski definition) is 1. The van der Waals surface area contributed by atoms with E-state index in [2.05, 4.69) is 35.3 Å². The van der Waals surface area contributed by atoms with Gasteiger partial charge in [-0.1, -0.05) is 72.8 Å². The van der Waals surface area contributed by atoms with Crippen molar-refractivity contribution in [3.8, 4) is 0 Å². The molecule has 2 aliphatic heterocycles. The van der Waals surface area contributed by atoms with Crippen LogP contribution in [0, 0.1) is 6.92 Å². The van der Waals surface area contributed by atoms with E-state index < -0.39 is 40.6 Å². The molecular weight excluding hydrogens is 524 g/mol. The molecule has 9 nitrogen and oxygen atoms in total. The van der Waals surface area contributed by atoms with Crippen LogP contribution in [0.3, 0.4) is 0 Å². The topological polar surface area (TPSA) is 104 Å². The second kappa shape index (κ2) is 10.7. The van der Waals surface area contributed by atoms with Crippen LogP contribution >= 0.6 is 0 Å². The average Bonchev–Trinajstić information content (AvgIpc) is 3.70.